The number of nitrogens with zero attached hydrogens (tertiary/aromatic N) is 1. The van der Waals surface area contributed by atoms with Gasteiger partial charge in [0.15, 0.2) is 0 Å². The zero-order valence-electron chi connectivity index (χ0n) is 7.91. The average Bonchev–Trinajstić information content (AvgIpc) is 2.80. The van der Waals surface area contributed by atoms with E-state index >= 15 is 0 Å². The SMILES string of the molecule is Clc1ccc([C@@H]2C[C@H]3C[C@@H]2CN3)cn1. The van der Waals surface area contributed by atoms with Crippen LogP contribution in [0.3, 0.4) is 0 Å². The van der Waals surface area contributed by atoms with Crippen LogP contribution in [0, 0.1) is 5.92 Å². The Morgan fingerprint density at radius 2 is 2.29 bits per heavy atom. The molecule has 2 aliphatic rings. The van der Waals surface area contributed by atoms with E-state index in [0.717, 1.165) is 12.0 Å². The third-order valence-corrected chi connectivity index (χ3v) is 3.77. The van der Waals surface area contributed by atoms with Gasteiger partial charge in [-0.15, -0.1) is 0 Å². The molecule has 1 saturated carbocycles. The molecular weight excluding hydrogens is 196 g/mol. The van der Waals surface area contributed by atoms with Crippen molar-refractivity contribution in [3.63, 3.8) is 0 Å². The Morgan fingerprint density at radius 1 is 1.36 bits per heavy atom. The molecule has 0 spiro atoms. The molecule has 1 aliphatic carbocycles. The maximum atomic E-state index is 5.77. The van der Waals surface area contributed by atoms with Gasteiger partial charge in [0.05, 0.1) is 0 Å². The van der Waals surface area contributed by atoms with Gasteiger partial charge in [-0.1, -0.05) is 17.7 Å². The van der Waals surface area contributed by atoms with Crippen LogP contribution in [0.15, 0.2) is 18.3 Å². The number of halogens is 1. The van der Waals surface area contributed by atoms with Gasteiger partial charge in [0, 0.05) is 12.2 Å². The first-order chi connectivity index (χ1) is 6.83. The number of aromatic nitrogens is 1. The van der Waals surface area contributed by atoms with Crippen LogP contribution < -0.4 is 5.32 Å². The summed E-state index contributed by atoms with van der Waals surface area (Å²) in [6.45, 7) is 1.18. The van der Waals surface area contributed by atoms with Crippen molar-refractivity contribution in [2.45, 2.75) is 24.8 Å². The van der Waals surface area contributed by atoms with Crippen molar-refractivity contribution in [2.24, 2.45) is 5.92 Å². The van der Waals surface area contributed by atoms with Gasteiger partial charge in [0.2, 0.25) is 0 Å². The molecule has 3 rings (SSSR count). The van der Waals surface area contributed by atoms with Crippen molar-refractivity contribution < 1.29 is 0 Å². The summed E-state index contributed by atoms with van der Waals surface area (Å²) in [5.41, 5.74) is 1.36. The van der Waals surface area contributed by atoms with Gasteiger partial charge in [-0.25, -0.2) is 4.98 Å². The molecule has 2 fully saturated rings. The molecule has 3 atom stereocenters. The van der Waals surface area contributed by atoms with E-state index in [1.165, 1.54) is 24.9 Å². The van der Waals surface area contributed by atoms with E-state index < -0.39 is 0 Å². The number of rotatable bonds is 1. The highest BCUT2D eigenvalue weighted by molar-refractivity contribution is 6.29. The Labute approximate surface area is 88.7 Å². The van der Waals surface area contributed by atoms with Crippen LogP contribution in [0.5, 0.6) is 0 Å². The fourth-order valence-corrected chi connectivity index (χ4v) is 2.96. The Hall–Kier alpha value is -0.600. The van der Waals surface area contributed by atoms with Crippen molar-refractivity contribution in [1.82, 2.24) is 10.3 Å². The minimum Gasteiger partial charge on any atom is -0.314 e. The number of nitrogens with one attached hydrogen (secondary N) is 1. The lowest BCUT2D eigenvalue weighted by Crippen LogP contribution is -2.28. The lowest BCUT2D eigenvalue weighted by atomic mass is 9.89. The number of pyridine rings is 1. The molecular formula is C11H13ClN2. The first kappa shape index (κ1) is 8.69. The molecule has 0 radical (unpaired) electrons. The van der Waals surface area contributed by atoms with Gasteiger partial charge in [-0.3, -0.25) is 0 Å². The Balaban J connectivity index is 1.86. The second-order valence-electron chi connectivity index (χ2n) is 4.36. The summed E-state index contributed by atoms with van der Waals surface area (Å²) in [6.07, 6.45) is 4.55. The standard InChI is InChI=1S/C11H13ClN2/c12-11-2-1-7(5-14-11)10-4-9-3-8(10)6-13-9/h1-2,5,8-10,13H,3-4,6H2/t8-,9-,10+/m1/s1. The lowest BCUT2D eigenvalue weighted by Gasteiger charge is -2.22. The highest BCUT2D eigenvalue weighted by atomic mass is 35.5. The van der Waals surface area contributed by atoms with Gasteiger partial charge in [0.1, 0.15) is 5.15 Å². The zero-order chi connectivity index (χ0) is 9.54. The van der Waals surface area contributed by atoms with E-state index in [1.807, 2.05) is 12.3 Å². The summed E-state index contributed by atoms with van der Waals surface area (Å²) in [5, 5.41) is 4.11. The molecule has 1 N–H and O–H groups in total. The number of hydrogen-bond donors (Lipinski definition) is 1. The van der Waals surface area contributed by atoms with Crippen LogP contribution in [0.4, 0.5) is 0 Å². The quantitative estimate of drug-likeness (QED) is 0.716. The second kappa shape index (κ2) is 3.21. The van der Waals surface area contributed by atoms with Gasteiger partial charge < -0.3 is 5.32 Å². The molecule has 1 saturated heterocycles. The molecule has 1 aliphatic heterocycles. The van der Waals surface area contributed by atoms with E-state index in [1.54, 1.807) is 0 Å². The topological polar surface area (TPSA) is 24.9 Å². The monoisotopic (exact) mass is 208 g/mol. The van der Waals surface area contributed by atoms with E-state index in [-0.39, 0.29) is 0 Å². The van der Waals surface area contributed by atoms with Crippen LogP contribution in [-0.4, -0.2) is 17.6 Å². The minimum atomic E-state index is 0.593. The smallest absolute Gasteiger partial charge is 0.129 e. The van der Waals surface area contributed by atoms with Crippen molar-refractivity contribution in [1.29, 1.82) is 0 Å². The second-order valence-corrected chi connectivity index (χ2v) is 4.74. The zero-order valence-corrected chi connectivity index (χ0v) is 8.67. The van der Waals surface area contributed by atoms with Crippen molar-refractivity contribution in [2.75, 3.05) is 6.54 Å². The predicted octanol–water partition coefficient (Wildman–Crippen LogP) is 2.20. The predicted molar refractivity (Wildman–Crippen MR) is 56.5 cm³/mol. The maximum Gasteiger partial charge on any atom is 0.129 e. The number of hydrogen-bond acceptors (Lipinski definition) is 2. The minimum absolute atomic E-state index is 0.593. The van der Waals surface area contributed by atoms with Gasteiger partial charge in [-0.05, 0) is 42.9 Å². The molecule has 1 aromatic heterocycles. The highest BCUT2D eigenvalue weighted by Gasteiger charge is 2.39. The van der Waals surface area contributed by atoms with Crippen molar-refractivity contribution in [3.05, 3.63) is 29.0 Å². The van der Waals surface area contributed by atoms with Crippen molar-refractivity contribution in [3.8, 4) is 0 Å². The van der Waals surface area contributed by atoms with E-state index in [0.29, 0.717) is 11.1 Å². The van der Waals surface area contributed by atoms with Crippen molar-refractivity contribution >= 4 is 11.6 Å². The summed E-state index contributed by atoms with van der Waals surface area (Å²) >= 11 is 5.77. The van der Waals surface area contributed by atoms with E-state index in [9.17, 15) is 0 Å². The fraction of sp³-hybridized carbons (Fsp3) is 0.545. The van der Waals surface area contributed by atoms with E-state index in [4.69, 9.17) is 11.6 Å². The maximum absolute atomic E-state index is 5.77. The van der Waals surface area contributed by atoms with Crippen LogP contribution >= 0.6 is 11.6 Å². The van der Waals surface area contributed by atoms with Gasteiger partial charge in [-0.2, -0.15) is 0 Å². The summed E-state index contributed by atoms with van der Waals surface area (Å²) in [6, 6.07) is 4.78. The fourth-order valence-electron chi connectivity index (χ4n) is 2.85. The summed E-state index contributed by atoms with van der Waals surface area (Å²) in [4.78, 5) is 4.15. The third-order valence-electron chi connectivity index (χ3n) is 3.54. The normalized spacial score (nSPS) is 35.1. The van der Waals surface area contributed by atoms with Crippen LogP contribution in [0.1, 0.15) is 24.3 Å². The largest absolute Gasteiger partial charge is 0.314 e. The molecule has 1 aromatic rings. The van der Waals surface area contributed by atoms with Crippen LogP contribution in [-0.2, 0) is 0 Å². The van der Waals surface area contributed by atoms with Crippen LogP contribution in [0.25, 0.3) is 0 Å². The molecule has 0 unspecified atom stereocenters. The van der Waals surface area contributed by atoms with E-state index in [2.05, 4.69) is 16.4 Å². The van der Waals surface area contributed by atoms with Gasteiger partial charge >= 0.3 is 0 Å². The molecule has 14 heavy (non-hydrogen) atoms. The first-order valence-electron chi connectivity index (χ1n) is 5.18. The average molecular weight is 209 g/mol. The van der Waals surface area contributed by atoms with Gasteiger partial charge in [0.25, 0.3) is 0 Å². The molecule has 2 nitrogen and oxygen atoms in total. The highest BCUT2D eigenvalue weighted by Crippen LogP contribution is 2.42. The summed E-state index contributed by atoms with van der Waals surface area (Å²) in [5.74, 6) is 1.54. The Bertz CT molecular complexity index is 336. The summed E-state index contributed by atoms with van der Waals surface area (Å²) in [7, 11) is 0. The molecule has 74 valence electrons. The Morgan fingerprint density at radius 3 is 2.86 bits per heavy atom. The Kier molecular flexibility index (Phi) is 1.99. The van der Waals surface area contributed by atoms with Crippen LogP contribution in [0.2, 0.25) is 5.15 Å². The molecule has 0 aromatic carbocycles. The molecule has 0 amide bonds. The number of piperidine rings is 1. The molecule has 2 heterocycles. The first-order valence-corrected chi connectivity index (χ1v) is 5.55. The molecule has 3 heteroatoms. The summed E-state index contributed by atoms with van der Waals surface area (Å²) < 4.78 is 0. The third kappa shape index (κ3) is 1.33. The molecule has 2 bridgehead atoms. The lowest BCUT2D eigenvalue weighted by molar-refractivity contribution is 0.440. The number of fused-ring (bicyclic) bond motifs is 2.